The fraction of sp³-hybridized carbons (Fsp3) is 0.846. The van der Waals surface area contributed by atoms with Gasteiger partial charge in [-0.3, -0.25) is 4.90 Å². The van der Waals surface area contributed by atoms with E-state index in [0.29, 0.717) is 5.89 Å². The second kappa shape index (κ2) is 5.36. The van der Waals surface area contributed by atoms with E-state index in [1.807, 2.05) is 0 Å². The lowest BCUT2D eigenvalue weighted by Crippen LogP contribution is -2.49. The van der Waals surface area contributed by atoms with Gasteiger partial charge in [-0.1, -0.05) is 20.8 Å². The van der Waals surface area contributed by atoms with Crippen LogP contribution in [0.1, 0.15) is 51.8 Å². The van der Waals surface area contributed by atoms with Crippen molar-refractivity contribution >= 4 is 0 Å². The Morgan fingerprint density at radius 3 is 2.78 bits per heavy atom. The zero-order valence-electron chi connectivity index (χ0n) is 11.8. The molecule has 1 aromatic heterocycles. The van der Waals surface area contributed by atoms with Crippen LogP contribution in [0.3, 0.4) is 0 Å². The van der Waals surface area contributed by atoms with Gasteiger partial charge in [0.1, 0.15) is 0 Å². The third-order valence-corrected chi connectivity index (χ3v) is 3.50. The minimum Gasteiger partial charge on any atom is -0.424 e. The standard InChI is InChI=1S/C13H23N3O2/c1-5-13(4)9-16(6-7-17-13)8-11-14-15-12(18-11)10(2)3/h10H,5-9H2,1-4H3/t13-/m0/s1. The highest BCUT2D eigenvalue weighted by Gasteiger charge is 2.30. The minimum atomic E-state index is -0.0425. The first-order chi connectivity index (χ1) is 8.52. The van der Waals surface area contributed by atoms with Crippen LogP contribution in [0.2, 0.25) is 0 Å². The summed E-state index contributed by atoms with van der Waals surface area (Å²) < 4.78 is 11.5. The summed E-state index contributed by atoms with van der Waals surface area (Å²) in [5.41, 5.74) is -0.0425. The van der Waals surface area contributed by atoms with Crippen LogP contribution < -0.4 is 0 Å². The molecule has 0 unspecified atom stereocenters. The van der Waals surface area contributed by atoms with Gasteiger partial charge in [-0.15, -0.1) is 10.2 Å². The van der Waals surface area contributed by atoms with Crippen LogP contribution in [-0.2, 0) is 11.3 Å². The lowest BCUT2D eigenvalue weighted by Gasteiger charge is -2.39. The third kappa shape index (κ3) is 3.09. The molecule has 2 rings (SSSR count). The summed E-state index contributed by atoms with van der Waals surface area (Å²) in [5.74, 6) is 1.72. The molecule has 5 nitrogen and oxygen atoms in total. The maximum absolute atomic E-state index is 5.82. The molecule has 0 aliphatic carbocycles. The van der Waals surface area contributed by atoms with Crippen molar-refractivity contribution in [1.82, 2.24) is 15.1 Å². The monoisotopic (exact) mass is 253 g/mol. The Kier molecular flexibility index (Phi) is 4.02. The van der Waals surface area contributed by atoms with Gasteiger partial charge in [-0.05, 0) is 13.3 Å². The summed E-state index contributed by atoms with van der Waals surface area (Å²) in [5, 5.41) is 8.17. The highest BCUT2D eigenvalue weighted by Crippen LogP contribution is 2.22. The van der Waals surface area contributed by atoms with Crippen LogP contribution in [0.5, 0.6) is 0 Å². The topological polar surface area (TPSA) is 51.4 Å². The predicted molar refractivity (Wildman–Crippen MR) is 68.3 cm³/mol. The summed E-state index contributed by atoms with van der Waals surface area (Å²) in [7, 11) is 0. The molecule has 1 atom stereocenters. The van der Waals surface area contributed by atoms with Crippen LogP contribution in [0.4, 0.5) is 0 Å². The fourth-order valence-electron chi connectivity index (χ4n) is 2.12. The van der Waals surface area contributed by atoms with Crippen molar-refractivity contribution in [2.75, 3.05) is 19.7 Å². The molecular weight excluding hydrogens is 230 g/mol. The largest absolute Gasteiger partial charge is 0.424 e. The Balaban J connectivity index is 1.96. The van der Waals surface area contributed by atoms with E-state index in [-0.39, 0.29) is 11.5 Å². The molecule has 18 heavy (non-hydrogen) atoms. The van der Waals surface area contributed by atoms with Crippen LogP contribution >= 0.6 is 0 Å². The number of hydrogen-bond donors (Lipinski definition) is 0. The zero-order valence-corrected chi connectivity index (χ0v) is 11.8. The number of aromatic nitrogens is 2. The fourth-order valence-corrected chi connectivity index (χ4v) is 2.12. The number of morpholine rings is 1. The Labute approximate surface area is 109 Å². The average molecular weight is 253 g/mol. The Bertz CT molecular complexity index is 391. The van der Waals surface area contributed by atoms with E-state index in [0.717, 1.165) is 38.6 Å². The highest BCUT2D eigenvalue weighted by molar-refractivity contribution is 4.89. The van der Waals surface area contributed by atoms with Crippen LogP contribution in [-0.4, -0.2) is 40.4 Å². The van der Waals surface area contributed by atoms with E-state index >= 15 is 0 Å². The molecule has 1 fully saturated rings. The molecule has 102 valence electrons. The smallest absolute Gasteiger partial charge is 0.230 e. The Morgan fingerprint density at radius 2 is 2.17 bits per heavy atom. The Morgan fingerprint density at radius 1 is 1.39 bits per heavy atom. The lowest BCUT2D eigenvalue weighted by molar-refractivity contribution is -0.103. The SMILES string of the molecule is CC[C@@]1(C)CN(Cc2nnc(C(C)C)o2)CCO1. The first-order valence-electron chi connectivity index (χ1n) is 6.71. The minimum absolute atomic E-state index is 0.0425. The van der Waals surface area contributed by atoms with Crippen molar-refractivity contribution in [2.45, 2.75) is 52.2 Å². The number of ether oxygens (including phenoxy) is 1. The summed E-state index contributed by atoms with van der Waals surface area (Å²) in [6.45, 7) is 11.8. The van der Waals surface area contributed by atoms with Crippen molar-refractivity contribution in [3.05, 3.63) is 11.8 Å². The second-order valence-electron chi connectivity index (χ2n) is 5.55. The van der Waals surface area contributed by atoms with Gasteiger partial charge in [0.2, 0.25) is 11.8 Å². The predicted octanol–water partition coefficient (Wildman–Crippen LogP) is 2.19. The van der Waals surface area contributed by atoms with Gasteiger partial charge < -0.3 is 9.15 Å². The van der Waals surface area contributed by atoms with E-state index in [2.05, 4.69) is 42.8 Å². The van der Waals surface area contributed by atoms with Crippen LogP contribution in [0.15, 0.2) is 4.42 Å². The maximum Gasteiger partial charge on any atom is 0.230 e. The molecule has 0 aromatic carbocycles. The molecule has 0 bridgehead atoms. The Hall–Kier alpha value is -0.940. The summed E-state index contributed by atoms with van der Waals surface area (Å²) >= 11 is 0. The first-order valence-corrected chi connectivity index (χ1v) is 6.71. The highest BCUT2D eigenvalue weighted by atomic mass is 16.5. The zero-order chi connectivity index (χ0) is 13.2. The molecule has 0 amide bonds. The van der Waals surface area contributed by atoms with Crippen molar-refractivity contribution in [2.24, 2.45) is 0 Å². The van der Waals surface area contributed by atoms with Gasteiger partial charge in [0, 0.05) is 19.0 Å². The van der Waals surface area contributed by atoms with E-state index in [4.69, 9.17) is 9.15 Å². The quantitative estimate of drug-likeness (QED) is 0.823. The van der Waals surface area contributed by atoms with Crippen molar-refractivity contribution < 1.29 is 9.15 Å². The van der Waals surface area contributed by atoms with Crippen molar-refractivity contribution in [3.8, 4) is 0 Å². The van der Waals surface area contributed by atoms with E-state index in [9.17, 15) is 0 Å². The maximum atomic E-state index is 5.82. The van der Waals surface area contributed by atoms with Crippen molar-refractivity contribution in [3.63, 3.8) is 0 Å². The molecule has 1 saturated heterocycles. The molecule has 1 aliphatic heterocycles. The van der Waals surface area contributed by atoms with Gasteiger partial charge in [0.25, 0.3) is 0 Å². The molecule has 1 aliphatic rings. The van der Waals surface area contributed by atoms with Crippen molar-refractivity contribution in [1.29, 1.82) is 0 Å². The van der Waals surface area contributed by atoms with Gasteiger partial charge >= 0.3 is 0 Å². The van der Waals surface area contributed by atoms with Gasteiger partial charge in [0.05, 0.1) is 18.8 Å². The average Bonchev–Trinajstić information content (AvgIpc) is 2.78. The number of rotatable bonds is 4. The lowest BCUT2D eigenvalue weighted by atomic mass is 10.0. The number of hydrogen-bond acceptors (Lipinski definition) is 5. The summed E-state index contributed by atoms with van der Waals surface area (Å²) in [6.07, 6.45) is 1.02. The van der Waals surface area contributed by atoms with E-state index in [1.165, 1.54) is 0 Å². The molecule has 0 N–H and O–H groups in total. The second-order valence-corrected chi connectivity index (χ2v) is 5.55. The van der Waals surface area contributed by atoms with Crippen LogP contribution in [0, 0.1) is 0 Å². The van der Waals surface area contributed by atoms with Gasteiger partial charge in [0.15, 0.2) is 0 Å². The third-order valence-electron chi connectivity index (χ3n) is 3.50. The summed E-state index contributed by atoms with van der Waals surface area (Å²) in [6, 6.07) is 0. The molecule has 5 heteroatoms. The number of nitrogens with zero attached hydrogens (tertiary/aromatic N) is 3. The molecule has 1 aromatic rings. The molecule has 0 spiro atoms. The molecular formula is C13H23N3O2. The van der Waals surface area contributed by atoms with Gasteiger partial charge in [-0.25, -0.2) is 0 Å². The first kappa shape index (κ1) is 13.5. The normalized spacial score (nSPS) is 25.8. The molecule has 0 radical (unpaired) electrons. The molecule has 0 saturated carbocycles. The summed E-state index contributed by atoms with van der Waals surface area (Å²) in [4.78, 5) is 2.32. The van der Waals surface area contributed by atoms with Crippen LogP contribution in [0.25, 0.3) is 0 Å². The van der Waals surface area contributed by atoms with E-state index < -0.39 is 0 Å². The van der Waals surface area contributed by atoms with E-state index in [1.54, 1.807) is 0 Å². The van der Waals surface area contributed by atoms with Gasteiger partial charge in [-0.2, -0.15) is 0 Å². The molecule has 2 heterocycles.